The number of rotatable bonds is 7. The summed E-state index contributed by atoms with van der Waals surface area (Å²) in [5.41, 5.74) is 6.04. The minimum absolute atomic E-state index is 0.141. The lowest BCUT2D eigenvalue weighted by Gasteiger charge is -2.41. The molecule has 7 rings (SSSR count). The Morgan fingerprint density at radius 1 is 0.786 bits per heavy atom. The van der Waals surface area contributed by atoms with E-state index in [2.05, 4.69) is 93.7 Å². The number of carbonyl (C=O) groups is 1. The van der Waals surface area contributed by atoms with Crippen LogP contribution in [0.3, 0.4) is 0 Å². The van der Waals surface area contributed by atoms with Gasteiger partial charge in [-0.3, -0.25) is 14.1 Å². The first kappa shape index (κ1) is 25.4. The van der Waals surface area contributed by atoms with Gasteiger partial charge in [0.15, 0.2) is 0 Å². The van der Waals surface area contributed by atoms with E-state index in [0.29, 0.717) is 5.69 Å². The first-order valence-corrected chi connectivity index (χ1v) is 13.8. The van der Waals surface area contributed by atoms with Gasteiger partial charge in [0.25, 0.3) is 0 Å². The first-order chi connectivity index (χ1) is 20.6. The Bertz CT molecular complexity index is 1900. The third-order valence-electron chi connectivity index (χ3n) is 8.00. The van der Waals surface area contributed by atoms with E-state index in [0.717, 1.165) is 28.9 Å². The summed E-state index contributed by atoms with van der Waals surface area (Å²) in [6, 6.07) is 28.5. The molecular formula is C35H27N5O2. The third kappa shape index (κ3) is 4.23. The van der Waals surface area contributed by atoms with Crippen LogP contribution in [-0.2, 0) is 5.54 Å². The van der Waals surface area contributed by atoms with Crippen LogP contribution in [-0.4, -0.2) is 35.2 Å². The number of carboxylic acids is 1. The Hall–Kier alpha value is -5.56. The Morgan fingerprint density at radius 2 is 1.55 bits per heavy atom. The topological polar surface area (TPSA) is 85.3 Å². The lowest BCUT2D eigenvalue weighted by Crippen LogP contribution is -2.43. The molecule has 0 saturated heterocycles. The van der Waals surface area contributed by atoms with Crippen molar-refractivity contribution in [2.24, 2.45) is 5.92 Å². The molecular weight excluding hydrogens is 522 g/mol. The van der Waals surface area contributed by atoms with Gasteiger partial charge in [0.1, 0.15) is 11.2 Å². The van der Waals surface area contributed by atoms with Gasteiger partial charge < -0.3 is 5.11 Å². The van der Waals surface area contributed by atoms with Crippen LogP contribution < -0.4 is 0 Å². The quantitative estimate of drug-likeness (QED) is 0.235. The molecule has 0 bridgehead atoms. The molecule has 1 aliphatic carbocycles. The summed E-state index contributed by atoms with van der Waals surface area (Å²) in [5, 5.41) is 14.3. The number of aromatic carboxylic acids is 1. The molecule has 0 saturated carbocycles. The van der Waals surface area contributed by atoms with Gasteiger partial charge in [-0.05, 0) is 41.8 Å². The third-order valence-corrected chi connectivity index (χ3v) is 8.00. The maximum Gasteiger partial charge on any atom is 0.337 e. The van der Waals surface area contributed by atoms with Gasteiger partial charge in [-0.15, -0.1) is 0 Å². The minimum atomic E-state index is -1.01. The van der Waals surface area contributed by atoms with Crippen LogP contribution in [0.1, 0.15) is 27.9 Å². The summed E-state index contributed by atoms with van der Waals surface area (Å²) in [6.45, 7) is 0. The molecule has 42 heavy (non-hydrogen) atoms. The van der Waals surface area contributed by atoms with Crippen molar-refractivity contribution in [1.29, 1.82) is 0 Å². The van der Waals surface area contributed by atoms with Crippen molar-refractivity contribution in [2.45, 2.75) is 12.0 Å². The zero-order valence-electron chi connectivity index (χ0n) is 22.7. The van der Waals surface area contributed by atoms with Crippen LogP contribution in [0.2, 0.25) is 0 Å². The smallest absolute Gasteiger partial charge is 0.337 e. The number of aromatic nitrogens is 5. The summed E-state index contributed by atoms with van der Waals surface area (Å²) < 4.78 is 4.10. The summed E-state index contributed by atoms with van der Waals surface area (Å²) >= 11 is 0. The Balaban J connectivity index is 1.36. The van der Waals surface area contributed by atoms with Crippen LogP contribution in [0.25, 0.3) is 28.2 Å². The molecule has 7 heteroatoms. The predicted molar refractivity (Wildman–Crippen MR) is 162 cm³/mol. The minimum Gasteiger partial charge on any atom is -0.478 e. The molecule has 1 atom stereocenters. The molecule has 4 heterocycles. The molecule has 0 fully saturated rings. The number of nitrogens with zero attached hydrogens (tertiary/aromatic N) is 5. The van der Waals surface area contributed by atoms with Crippen LogP contribution in [0.5, 0.6) is 0 Å². The van der Waals surface area contributed by atoms with E-state index < -0.39 is 11.5 Å². The van der Waals surface area contributed by atoms with Gasteiger partial charge >= 0.3 is 5.97 Å². The van der Waals surface area contributed by atoms with Crippen LogP contribution in [0.4, 0.5) is 0 Å². The molecule has 1 aliphatic rings. The van der Waals surface area contributed by atoms with Crippen molar-refractivity contribution in [3.05, 3.63) is 157 Å². The monoisotopic (exact) mass is 549 g/mol. The van der Waals surface area contributed by atoms with Crippen molar-refractivity contribution >= 4 is 11.6 Å². The van der Waals surface area contributed by atoms with Gasteiger partial charge in [-0.25, -0.2) is 9.78 Å². The van der Waals surface area contributed by atoms with Gasteiger partial charge in [0, 0.05) is 35.6 Å². The number of imidazole rings is 1. The van der Waals surface area contributed by atoms with Gasteiger partial charge in [0.2, 0.25) is 0 Å². The maximum absolute atomic E-state index is 11.3. The molecule has 0 spiro atoms. The van der Waals surface area contributed by atoms with Crippen LogP contribution in [0.15, 0.2) is 140 Å². The Morgan fingerprint density at radius 3 is 2.19 bits per heavy atom. The summed E-state index contributed by atoms with van der Waals surface area (Å²) in [6.07, 6.45) is 18.8. The number of allylic oxidation sites excluding steroid dienone is 4. The molecule has 0 amide bonds. The molecule has 1 N–H and O–H groups in total. The predicted octanol–water partition coefficient (Wildman–Crippen LogP) is 6.88. The van der Waals surface area contributed by atoms with Crippen molar-refractivity contribution in [1.82, 2.24) is 24.1 Å². The van der Waals surface area contributed by atoms with Crippen molar-refractivity contribution in [3.63, 3.8) is 0 Å². The summed E-state index contributed by atoms with van der Waals surface area (Å²) in [7, 11) is 0. The fourth-order valence-corrected chi connectivity index (χ4v) is 5.98. The van der Waals surface area contributed by atoms with Crippen molar-refractivity contribution < 1.29 is 9.90 Å². The zero-order chi connectivity index (χ0) is 28.5. The van der Waals surface area contributed by atoms with E-state index in [1.165, 1.54) is 17.3 Å². The van der Waals surface area contributed by atoms with Gasteiger partial charge in [0.05, 0.1) is 29.3 Å². The average Bonchev–Trinajstić information content (AvgIpc) is 3.71. The lowest BCUT2D eigenvalue weighted by atomic mass is 9.70. The molecule has 0 aliphatic heterocycles. The van der Waals surface area contributed by atoms with Crippen LogP contribution in [0, 0.1) is 5.92 Å². The van der Waals surface area contributed by atoms with E-state index >= 15 is 0 Å². The zero-order valence-corrected chi connectivity index (χ0v) is 22.7. The van der Waals surface area contributed by atoms with E-state index in [4.69, 9.17) is 5.10 Å². The fraction of sp³-hybridized carbons (Fsp3) is 0.0857. The average molecular weight is 550 g/mol. The largest absolute Gasteiger partial charge is 0.478 e. The van der Waals surface area contributed by atoms with E-state index in [-0.39, 0.29) is 11.5 Å². The summed E-state index contributed by atoms with van der Waals surface area (Å²) in [4.78, 5) is 20.2. The van der Waals surface area contributed by atoms with Gasteiger partial charge in [-0.2, -0.15) is 5.10 Å². The number of hydrogen-bond acceptors (Lipinski definition) is 4. The van der Waals surface area contributed by atoms with Crippen molar-refractivity contribution in [3.8, 4) is 22.5 Å². The molecule has 7 nitrogen and oxygen atoms in total. The van der Waals surface area contributed by atoms with Crippen LogP contribution >= 0.6 is 0 Å². The number of pyridine rings is 2. The maximum atomic E-state index is 11.3. The van der Waals surface area contributed by atoms with E-state index in [1.54, 1.807) is 18.3 Å². The highest BCUT2D eigenvalue weighted by Crippen LogP contribution is 2.44. The lowest BCUT2D eigenvalue weighted by molar-refractivity contribution is 0.0696. The fourth-order valence-electron chi connectivity index (χ4n) is 5.98. The molecule has 2 aromatic carbocycles. The Labute approximate surface area is 242 Å². The normalized spacial score (nSPS) is 14.8. The first-order valence-electron chi connectivity index (χ1n) is 13.8. The Kier molecular flexibility index (Phi) is 6.32. The number of hydrogen-bond donors (Lipinski definition) is 1. The molecule has 1 unspecified atom stereocenters. The number of fused-ring (bicyclic) bond motifs is 1. The second-order valence-electron chi connectivity index (χ2n) is 10.4. The second-order valence-corrected chi connectivity index (χ2v) is 10.4. The highest BCUT2D eigenvalue weighted by molar-refractivity contribution is 5.87. The van der Waals surface area contributed by atoms with E-state index in [1.807, 2.05) is 41.1 Å². The SMILES string of the molecule is O=C(O)c1ccc(-c2cnc3ccc(-c4cnn(C(c5ccccc5)(c5ccccc5)C5C=CC=CC5)c4)cn23)nc1. The van der Waals surface area contributed by atoms with Crippen molar-refractivity contribution in [2.75, 3.05) is 0 Å². The van der Waals surface area contributed by atoms with E-state index in [9.17, 15) is 9.90 Å². The molecule has 0 radical (unpaired) electrons. The van der Waals surface area contributed by atoms with Gasteiger partial charge in [-0.1, -0.05) is 85.0 Å². The number of carboxylic acid groups (broad SMARTS) is 1. The standard InChI is InChI=1S/C35H27N5O2/c41-34(42)25-16-18-31(36-20-25)32-22-37-33-19-17-26(23-39(32)33)27-21-38-40(24-27)35(28-10-4-1-5-11-28,29-12-6-2-7-13-29)30-14-8-3-9-15-30/h1-14,16-24,30H,15H2,(H,41,42). The summed E-state index contributed by atoms with van der Waals surface area (Å²) in [5.74, 6) is -0.865. The second kappa shape index (κ2) is 10.4. The highest BCUT2D eigenvalue weighted by atomic mass is 16.4. The highest BCUT2D eigenvalue weighted by Gasteiger charge is 2.43. The molecule has 204 valence electrons. The number of benzene rings is 2. The molecule has 6 aromatic rings. The molecule has 4 aromatic heterocycles.